The third-order valence-corrected chi connectivity index (χ3v) is 5.83. The van der Waals surface area contributed by atoms with Gasteiger partial charge in [-0.2, -0.15) is 5.10 Å². The van der Waals surface area contributed by atoms with E-state index in [2.05, 4.69) is 16.6 Å². The summed E-state index contributed by atoms with van der Waals surface area (Å²) in [5, 5.41) is 4.22. The number of carbonyl (C=O) groups is 1. The molecule has 4 rings (SSSR count). The third kappa shape index (κ3) is 2.87. The molecule has 2 fully saturated rings. The Morgan fingerprint density at radius 2 is 2.00 bits per heavy atom. The van der Waals surface area contributed by atoms with Gasteiger partial charge in [-0.25, -0.2) is 4.98 Å². The largest absolute Gasteiger partial charge is 0.337 e. The van der Waals surface area contributed by atoms with Gasteiger partial charge in [0.25, 0.3) is 5.91 Å². The predicted molar refractivity (Wildman–Crippen MR) is 95.6 cm³/mol. The van der Waals surface area contributed by atoms with Crippen LogP contribution in [-0.4, -0.2) is 43.2 Å². The summed E-state index contributed by atoms with van der Waals surface area (Å²) < 4.78 is 4.24. The Morgan fingerprint density at radius 1 is 1.24 bits per heavy atom. The molecule has 2 aromatic heterocycles. The monoisotopic (exact) mass is 341 g/mol. The Balaban J connectivity index is 1.45. The smallest absolute Gasteiger partial charge is 0.272 e. The zero-order valence-electron chi connectivity index (χ0n) is 15.2. The summed E-state index contributed by atoms with van der Waals surface area (Å²) in [7, 11) is 0. The maximum Gasteiger partial charge on any atom is 0.272 e. The van der Waals surface area contributed by atoms with Crippen molar-refractivity contribution in [1.82, 2.24) is 24.2 Å². The van der Waals surface area contributed by atoms with Crippen molar-refractivity contribution in [2.45, 2.75) is 64.5 Å². The van der Waals surface area contributed by atoms with Gasteiger partial charge in [0.05, 0.1) is 0 Å². The fourth-order valence-corrected chi connectivity index (χ4v) is 4.16. The maximum absolute atomic E-state index is 12.8. The number of rotatable bonds is 4. The number of aryl methyl sites for hydroxylation is 2. The molecule has 6 heteroatoms. The van der Waals surface area contributed by atoms with Crippen molar-refractivity contribution < 1.29 is 4.79 Å². The van der Waals surface area contributed by atoms with E-state index in [0.717, 1.165) is 32.5 Å². The summed E-state index contributed by atoms with van der Waals surface area (Å²) in [5.74, 6) is 2.03. The second-order valence-corrected chi connectivity index (χ2v) is 7.31. The highest BCUT2D eigenvalue weighted by molar-refractivity contribution is 5.92. The predicted octanol–water partition coefficient (Wildman–Crippen LogP) is 3.15. The van der Waals surface area contributed by atoms with E-state index in [1.54, 1.807) is 10.9 Å². The lowest BCUT2D eigenvalue weighted by Gasteiger charge is -2.35. The number of hydrogen-bond acceptors (Lipinski definition) is 3. The Bertz CT molecular complexity index is 750. The number of aromatic nitrogens is 4. The number of carbonyl (C=O) groups excluding carboxylic acids is 1. The van der Waals surface area contributed by atoms with Crippen LogP contribution in [0.4, 0.5) is 0 Å². The molecule has 0 spiro atoms. The Labute approximate surface area is 148 Å². The van der Waals surface area contributed by atoms with Crippen molar-refractivity contribution >= 4 is 5.91 Å². The van der Waals surface area contributed by atoms with E-state index >= 15 is 0 Å². The van der Waals surface area contributed by atoms with Gasteiger partial charge in [0.15, 0.2) is 0 Å². The van der Waals surface area contributed by atoms with Crippen molar-refractivity contribution in [3.05, 3.63) is 35.7 Å². The number of nitrogens with zero attached hydrogens (tertiary/aromatic N) is 5. The normalized spacial score (nSPS) is 19.2. The van der Waals surface area contributed by atoms with Crippen molar-refractivity contribution in [3.8, 4) is 0 Å². The fraction of sp³-hybridized carbons (Fsp3) is 0.632. The SMILES string of the molecule is CCn1nccc1C(=O)N1CCC(n2c(C)cnc2C2CCC2)CC1. The first-order valence-corrected chi connectivity index (χ1v) is 9.53. The van der Waals surface area contributed by atoms with E-state index in [9.17, 15) is 4.79 Å². The second-order valence-electron chi connectivity index (χ2n) is 7.31. The van der Waals surface area contributed by atoms with Gasteiger partial charge >= 0.3 is 0 Å². The van der Waals surface area contributed by atoms with E-state index in [0.29, 0.717) is 17.7 Å². The van der Waals surface area contributed by atoms with Gasteiger partial charge in [-0.3, -0.25) is 9.48 Å². The average molecular weight is 341 g/mol. The molecule has 134 valence electrons. The number of amides is 1. The summed E-state index contributed by atoms with van der Waals surface area (Å²) in [5.41, 5.74) is 1.96. The highest BCUT2D eigenvalue weighted by Crippen LogP contribution is 2.38. The van der Waals surface area contributed by atoms with Gasteiger partial charge in [0.2, 0.25) is 0 Å². The number of imidazole rings is 1. The molecular weight excluding hydrogens is 314 g/mol. The van der Waals surface area contributed by atoms with Gasteiger partial charge in [0, 0.05) is 49.7 Å². The van der Waals surface area contributed by atoms with Crippen LogP contribution in [0.1, 0.15) is 73.0 Å². The Kier molecular flexibility index (Phi) is 4.36. The molecule has 2 aromatic rings. The molecule has 0 unspecified atom stereocenters. The van der Waals surface area contributed by atoms with Crippen LogP contribution in [0, 0.1) is 6.92 Å². The molecule has 0 radical (unpaired) electrons. The van der Waals surface area contributed by atoms with Crippen molar-refractivity contribution in [2.24, 2.45) is 0 Å². The summed E-state index contributed by atoms with van der Waals surface area (Å²) in [4.78, 5) is 19.5. The summed E-state index contributed by atoms with van der Waals surface area (Å²) in [6.07, 6.45) is 9.61. The lowest BCUT2D eigenvalue weighted by atomic mass is 9.84. The van der Waals surface area contributed by atoms with Crippen LogP contribution in [0.2, 0.25) is 0 Å². The standard InChI is InChI=1S/C19H27N5O/c1-3-23-17(7-10-21-23)19(25)22-11-8-16(9-12-22)24-14(2)13-20-18(24)15-5-4-6-15/h7,10,13,15-16H,3-6,8-9,11-12H2,1-2H3. The summed E-state index contributed by atoms with van der Waals surface area (Å²) in [6.45, 7) is 6.51. The fourth-order valence-electron chi connectivity index (χ4n) is 4.16. The number of likely N-dealkylation sites (tertiary alicyclic amines) is 1. The molecule has 1 saturated carbocycles. The van der Waals surface area contributed by atoms with E-state index in [-0.39, 0.29) is 5.91 Å². The first kappa shape index (κ1) is 16.4. The van der Waals surface area contributed by atoms with Crippen LogP contribution in [0.5, 0.6) is 0 Å². The molecule has 3 heterocycles. The van der Waals surface area contributed by atoms with E-state index < -0.39 is 0 Å². The summed E-state index contributed by atoms with van der Waals surface area (Å²) >= 11 is 0. The molecule has 25 heavy (non-hydrogen) atoms. The molecule has 0 bridgehead atoms. The minimum atomic E-state index is 0.111. The van der Waals surface area contributed by atoms with E-state index in [1.807, 2.05) is 24.1 Å². The van der Waals surface area contributed by atoms with Gasteiger partial charge in [0.1, 0.15) is 11.5 Å². The van der Waals surface area contributed by atoms with Crippen molar-refractivity contribution in [3.63, 3.8) is 0 Å². The van der Waals surface area contributed by atoms with E-state index in [4.69, 9.17) is 4.98 Å². The van der Waals surface area contributed by atoms with Crippen LogP contribution in [0.25, 0.3) is 0 Å². The molecule has 0 aromatic carbocycles. The van der Waals surface area contributed by atoms with Crippen molar-refractivity contribution in [2.75, 3.05) is 13.1 Å². The highest BCUT2D eigenvalue weighted by Gasteiger charge is 2.31. The molecule has 1 amide bonds. The van der Waals surface area contributed by atoms with Gasteiger partial charge in [-0.15, -0.1) is 0 Å². The zero-order chi connectivity index (χ0) is 17.4. The minimum Gasteiger partial charge on any atom is -0.337 e. The van der Waals surface area contributed by atoms with Crippen LogP contribution < -0.4 is 0 Å². The lowest BCUT2D eigenvalue weighted by molar-refractivity contribution is 0.0679. The molecular formula is C19H27N5O. The molecule has 1 aliphatic heterocycles. The highest BCUT2D eigenvalue weighted by atomic mass is 16.2. The van der Waals surface area contributed by atoms with Gasteiger partial charge in [-0.05, 0) is 45.6 Å². The van der Waals surface area contributed by atoms with Crippen LogP contribution in [-0.2, 0) is 6.54 Å². The molecule has 0 atom stereocenters. The van der Waals surface area contributed by atoms with Crippen molar-refractivity contribution in [1.29, 1.82) is 0 Å². The molecule has 0 N–H and O–H groups in total. The average Bonchev–Trinajstić information content (AvgIpc) is 3.20. The van der Waals surface area contributed by atoms with Crippen LogP contribution in [0.3, 0.4) is 0 Å². The third-order valence-electron chi connectivity index (χ3n) is 5.83. The van der Waals surface area contributed by atoms with Gasteiger partial charge < -0.3 is 9.47 Å². The molecule has 1 aliphatic carbocycles. The molecule has 2 aliphatic rings. The minimum absolute atomic E-state index is 0.111. The number of piperidine rings is 1. The quantitative estimate of drug-likeness (QED) is 0.858. The maximum atomic E-state index is 12.8. The Hall–Kier alpha value is -2.11. The van der Waals surface area contributed by atoms with Crippen LogP contribution in [0.15, 0.2) is 18.5 Å². The Morgan fingerprint density at radius 3 is 2.64 bits per heavy atom. The summed E-state index contributed by atoms with van der Waals surface area (Å²) in [6, 6.07) is 2.30. The first-order chi connectivity index (χ1) is 12.2. The topological polar surface area (TPSA) is 56.0 Å². The second kappa shape index (κ2) is 6.65. The number of hydrogen-bond donors (Lipinski definition) is 0. The van der Waals surface area contributed by atoms with Gasteiger partial charge in [-0.1, -0.05) is 6.42 Å². The zero-order valence-corrected chi connectivity index (χ0v) is 15.2. The van der Waals surface area contributed by atoms with Crippen LogP contribution >= 0.6 is 0 Å². The molecule has 6 nitrogen and oxygen atoms in total. The lowest BCUT2D eigenvalue weighted by Crippen LogP contribution is -2.40. The van der Waals surface area contributed by atoms with E-state index in [1.165, 1.54) is 30.8 Å². The molecule has 1 saturated heterocycles. The first-order valence-electron chi connectivity index (χ1n) is 9.53.